The van der Waals surface area contributed by atoms with Crippen LogP contribution in [-0.2, 0) is 20.1 Å². The van der Waals surface area contributed by atoms with Gasteiger partial charge in [-0.25, -0.2) is 0 Å². The summed E-state index contributed by atoms with van der Waals surface area (Å²) in [7, 11) is 0. The van der Waals surface area contributed by atoms with Gasteiger partial charge in [-0.2, -0.15) is 0 Å². The number of halogens is 6. The Hall–Kier alpha value is 5.66. The number of hydrogen-bond acceptors (Lipinski definition) is 0. The van der Waals surface area contributed by atoms with Gasteiger partial charge in [0.2, 0.25) is 0 Å². The van der Waals surface area contributed by atoms with E-state index in [1.807, 2.05) is 0 Å². The van der Waals surface area contributed by atoms with Crippen LogP contribution >= 0.6 is 0 Å². The maximum absolute atomic E-state index is 0. The first-order valence-corrected chi connectivity index (χ1v) is 0. The van der Waals surface area contributed by atoms with Crippen molar-refractivity contribution in [2.24, 2.45) is 0 Å². The zero-order chi connectivity index (χ0) is 0. The second-order valence-corrected chi connectivity index (χ2v) is 0. The van der Waals surface area contributed by atoms with Crippen LogP contribution in [0.5, 0.6) is 0 Å². The van der Waals surface area contributed by atoms with Gasteiger partial charge in [0, 0.05) is 20.1 Å². The van der Waals surface area contributed by atoms with Gasteiger partial charge in [0.1, 0.15) is 0 Å². The van der Waals surface area contributed by atoms with Crippen molar-refractivity contribution in [2.75, 3.05) is 0 Å². The van der Waals surface area contributed by atoms with Crippen molar-refractivity contribution < 1.29 is 197 Å². The van der Waals surface area contributed by atoms with Gasteiger partial charge >= 0.3 is 103 Å². The Morgan fingerprint density at radius 2 is 0.333 bits per heavy atom. The van der Waals surface area contributed by atoms with Gasteiger partial charge in [0.25, 0.3) is 0 Å². The van der Waals surface area contributed by atoms with Crippen LogP contribution in [0.25, 0.3) is 0 Å². The molecule has 0 aromatic heterocycles. The molecule has 0 aromatic rings. The monoisotopic (exact) mass is 481 g/mol. The summed E-state index contributed by atoms with van der Waals surface area (Å²) in [5, 5.41) is 0. The molecule has 57 valence electrons. The first kappa shape index (κ1) is 85.4. The quantitative estimate of drug-likeness (QED) is 0.301. The summed E-state index contributed by atoms with van der Waals surface area (Å²) in [6.45, 7) is 0. The largest absolute Gasteiger partial charge is 1.00 e. The molecule has 0 aliphatic carbocycles. The molecule has 0 fully saturated rings. The molecule has 0 heterocycles. The number of rotatable bonds is 0. The fraction of sp³-hybridized carbons (Fsp3) is 0. The zero-order valence-electron chi connectivity index (χ0n) is 4.60. The van der Waals surface area contributed by atoms with Gasteiger partial charge in [0.05, 0.1) is 0 Å². The van der Waals surface area contributed by atoms with Gasteiger partial charge < -0.3 is 74.4 Å². The topological polar surface area (TPSA) is 0 Å². The van der Waals surface area contributed by atoms with Gasteiger partial charge in [0.15, 0.2) is 0 Å². The Labute approximate surface area is 192 Å². The summed E-state index contributed by atoms with van der Waals surface area (Å²) in [5.41, 5.74) is 0. The van der Waals surface area contributed by atoms with Gasteiger partial charge in [-0.05, 0) is 0 Å². The average Bonchev–Trinajstić information content (AvgIpc) is 0. The fourth-order valence-corrected chi connectivity index (χ4v) is 0. The van der Waals surface area contributed by atoms with Crippen molar-refractivity contribution in [2.45, 2.75) is 0 Å². The third-order valence-electron chi connectivity index (χ3n) is 0. The molecular weight excluding hydrogens is 483 g/mol. The average molecular weight is 483 g/mol. The van der Waals surface area contributed by atoms with Crippen LogP contribution in [0.2, 0.25) is 0 Å². The molecule has 9 heavy (non-hydrogen) atoms. The minimum atomic E-state index is 0. The molecule has 0 aromatic carbocycles. The molecule has 0 unspecified atom stereocenters. The number of hydrogen-bond donors (Lipinski definition) is 0. The first-order chi connectivity index (χ1) is 0. The predicted molar refractivity (Wildman–Crippen MR) is 0 cm³/mol. The SMILES string of the molecule is [Cl-].[Cl-].[Cl-].[Cl-].[Cl-].[Cl-].[Ir].[K+].[K+]. The van der Waals surface area contributed by atoms with Crippen molar-refractivity contribution >= 4 is 0 Å². The van der Waals surface area contributed by atoms with Crippen molar-refractivity contribution in [3.05, 3.63) is 0 Å². The van der Waals surface area contributed by atoms with Gasteiger partial charge in [-0.15, -0.1) is 0 Å². The maximum Gasteiger partial charge on any atom is 1.00 e. The summed E-state index contributed by atoms with van der Waals surface area (Å²) in [4.78, 5) is 0. The molecule has 0 bridgehead atoms. The Bertz CT molecular complexity index is 11.0. The Balaban J connectivity index is 0. The molecule has 0 amide bonds. The van der Waals surface area contributed by atoms with Crippen LogP contribution in [0.1, 0.15) is 0 Å². The first-order valence-electron chi connectivity index (χ1n) is 0. The van der Waals surface area contributed by atoms with Gasteiger partial charge in [-0.3, -0.25) is 0 Å². The molecule has 0 nitrogen and oxygen atoms in total. The molecule has 0 rings (SSSR count). The fourth-order valence-electron chi connectivity index (χ4n) is 0. The normalized spacial score (nSPS) is 0. The van der Waals surface area contributed by atoms with Crippen LogP contribution in [-0.4, -0.2) is 0 Å². The van der Waals surface area contributed by atoms with Gasteiger partial charge in [-0.1, -0.05) is 0 Å². The van der Waals surface area contributed by atoms with E-state index < -0.39 is 0 Å². The van der Waals surface area contributed by atoms with E-state index >= 15 is 0 Å². The van der Waals surface area contributed by atoms with Crippen molar-refractivity contribution in [3.63, 3.8) is 0 Å². The van der Waals surface area contributed by atoms with Crippen LogP contribution < -0.4 is 177 Å². The van der Waals surface area contributed by atoms with Crippen molar-refractivity contribution in [1.82, 2.24) is 0 Å². The Morgan fingerprint density at radius 3 is 0.333 bits per heavy atom. The molecule has 0 aliphatic rings. The van der Waals surface area contributed by atoms with Crippen LogP contribution in [0.3, 0.4) is 0 Å². The third-order valence-corrected chi connectivity index (χ3v) is 0. The molecule has 0 atom stereocenters. The van der Waals surface area contributed by atoms with E-state index in [2.05, 4.69) is 0 Å². The van der Waals surface area contributed by atoms with Crippen LogP contribution in [0, 0.1) is 0 Å². The summed E-state index contributed by atoms with van der Waals surface area (Å²) < 4.78 is 0. The zero-order valence-corrected chi connectivity index (χ0v) is 17.8. The second kappa shape index (κ2) is 68.3. The molecule has 0 spiro atoms. The predicted octanol–water partition coefficient (Wildman–Crippen LogP) is -24.0. The van der Waals surface area contributed by atoms with E-state index in [-0.39, 0.29) is 197 Å². The maximum atomic E-state index is 0. The smallest absolute Gasteiger partial charge is 1.00 e. The molecule has 1 radical (unpaired) electrons. The van der Waals surface area contributed by atoms with Crippen molar-refractivity contribution in [3.8, 4) is 0 Å². The summed E-state index contributed by atoms with van der Waals surface area (Å²) in [5.74, 6) is 0. The summed E-state index contributed by atoms with van der Waals surface area (Å²) >= 11 is 0. The van der Waals surface area contributed by atoms with Crippen LogP contribution in [0.15, 0.2) is 0 Å². The summed E-state index contributed by atoms with van der Waals surface area (Å²) in [6, 6.07) is 0. The van der Waals surface area contributed by atoms with Crippen LogP contribution in [0.4, 0.5) is 0 Å². The van der Waals surface area contributed by atoms with Crippen molar-refractivity contribution in [1.29, 1.82) is 0 Å². The minimum absolute atomic E-state index is 0. The molecule has 9 heteroatoms. The van der Waals surface area contributed by atoms with E-state index in [1.54, 1.807) is 0 Å². The minimum Gasteiger partial charge on any atom is -1.00 e. The van der Waals surface area contributed by atoms with E-state index in [9.17, 15) is 0 Å². The Morgan fingerprint density at radius 1 is 0.333 bits per heavy atom. The molecule has 0 N–H and O–H groups in total. The molecule has 0 saturated heterocycles. The molecule has 0 saturated carbocycles. The Kier molecular flexibility index (Phi) is 648. The van der Waals surface area contributed by atoms with E-state index in [0.29, 0.717) is 0 Å². The van der Waals surface area contributed by atoms with E-state index in [0.717, 1.165) is 0 Å². The van der Waals surface area contributed by atoms with E-state index in [4.69, 9.17) is 0 Å². The second-order valence-electron chi connectivity index (χ2n) is 0. The van der Waals surface area contributed by atoms with E-state index in [1.165, 1.54) is 0 Å². The molecule has 0 aliphatic heterocycles. The molecular formula is Cl6IrK2-4. The summed E-state index contributed by atoms with van der Waals surface area (Å²) in [6.07, 6.45) is 0. The standard InChI is InChI=1S/6ClH.Ir.2K/h6*1H;;;/q;;;;;;;2*+1/p-6. The third kappa shape index (κ3) is 58.0.